The summed E-state index contributed by atoms with van der Waals surface area (Å²) in [6.45, 7) is -0.756. The van der Waals surface area contributed by atoms with Crippen LogP contribution in [0.2, 0.25) is 0 Å². The zero-order chi connectivity index (χ0) is 20.5. The number of carbonyl (C=O) groups is 2. The lowest BCUT2D eigenvalue weighted by Gasteiger charge is -2.10. The summed E-state index contributed by atoms with van der Waals surface area (Å²) in [5.41, 5.74) is 2.82. The lowest BCUT2D eigenvalue weighted by molar-refractivity contribution is -0.139. The average Bonchev–Trinajstić information content (AvgIpc) is 2.66. The lowest BCUT2D eigenvalue weighted by atomic mass is 10.2. The molecule has 2 aromatic rings. The number of aliphatic carboxylic acids is 1. The highest BCUT2D eigenvalue weighted by molar-refractivity contribution is 9.10. The van der Waals surface area contributed by atoms with Gasteiger partial charge in [0.1, 0.15) is 5.75 Å². The second-order valence-corrected chi connectivity index (χ2v) is 7.07. The van der Waals surface area contributed by atoms with E-state index in [2.05, 4.69) is 42.4 Å². The van der Waals surface area contributed by atoms with Crippen LogP contribution < -0.4 is 19.6 Å². The van der Waals surface area contributed by atoms with E-state index in [0.29, 0.717) is 22.8 Å². The molecule has 2 aromatic carbocycles. The topological polar surface area (TPSA) is 106 Å². The first kappa shape index (κ1) is 21.7. The zero-order valence-electron chi connectivity index (χ0n) is 14.6. The fourth-order valence-electron chi connectivity index (χ4n) is 2.00. The number of carbonyl (C=O) groups excluding carboxylic acids is 1. The number of rotatable bonds is 9. The van der Waals surface area contributed by atoms with Crippen molar-refractivity contribution in [2.75, 3.05) is 20.3 Å². The minimum absolute atomic E-state index is 0.268. The van der Waals surface area contributed by atoms with Crippen LogP contribution in [0.1, 0.15) is 5.56 Å². The number of hydrazone groups is 1. The normalized spacial score (nSPS) is 10.5. The van der Waals surface area contributed by atoms with E-state index in [1.54, 1.807) is 36.4 Å². The van der Waals surface area contributed by atoms with E-state index < -0.39 is 18.5 Å². The van der Waals surface area contributed by atoms with Crippen LogP contribution in [-0.4, -0.2) is 43.5 Å². The fraction of sp³-hybridized carbons (Fsp3) is 0.167. The first-order valence-corrected chi connectivity index (χ1v) is 9.40. The van der Waals surface area contributed by atoms with Gasteiger partial charge in [-0.05, 0) is 36.4 Å². The molecule has 0 spiro atoms. The second-order valence-electron chi connectivity index (χ2n) is 5.24. The molecule has 10 heteroatoms. The molecule has 0 saturated heterocycles. The van der Waals surface area contributed by atoms with Gasteiger partial charge in [0.25, 0.3) is 5.91 Å². The highest BCUT2D eigenvalue weighted by Crippen LogP contribution is 2.30. The molecule has 0 atom stereocenters. The largest absolute Gasteiger partial charge is 0.493 e. The number of nitrogens with zero attached hydrogens (tertiary/aromatic N) is 1. The van der Waals surface area contributed by atoms with Gasteiger partial charge in [-0.3, -0.25) is 4.79 Å². The third-order valence-electron chi connectivity index (χ3n) is 3.20. The maximum Gasteiger partial charge on any atom is 0.341 e. The van der Waals surface area contributed by atoms with Crippen LogP contribution in [0.25, 0.3) is 0 Å². The van der Waals surface area contributed by atoms with Gasteiger partial charge in [0.15, 0.2) is 24.7 Å². The number of halogens is 2. The Balaban J connectivity index is 1.94. The Hall–Kier alpha value is -2.59. The second kappa shape index (κ2) is 10.7. The third kappa shape index (κ3) is 6.86. The van der Waals surface area contributed by atoms with Crippen molar-refractivity contribution in [2.24, 2.45) is 5.10 Å². The molecule has 0 heterocycles. The van der Waals surface area contributed by atoms with Gasteiger partial charge in [-0.15, -0.1) is 0 Å². The Morgan fingerprint density at radius 1 is 1.04 bits per heavy atom. The Morgan fingerprint density at radius 3 is 2.36 bits per heavy atom. The van der Waals surface area contributed by atoms with Crippen molar-refractivity contribution < 1.29 is 28.9 Å². The molecule has 148 valence electrons. The van der Waals surface area contributed by atoms with Crippen LogP contribution >= 0.6 is 31.9 Å². The van der Waals surface area contributed by atoms with E-state index >= 15 is 0 Å². The van der Waals surface area contributed by atoms with Gasteiger partial charge in [-0.2, -0.15) is 5.10 Å². The van der Waals surface area contributed by atoms with E-state index in [4.69, 9.17) is 19.3 Å². The molecular weight excluding hydrogens is 500 g/mol. The number of carboxylic acids is 1. The van der Waals surface area contributed by atoms with Crippen LogP contribution in [0.5, 0.6) is 17.2 Å². The van der Waals surface area contributed by atoms with Crippen molar-refractivity contribution in [3.05, 3.63) is 50.9 Å². The van der Waals surface area contributed by atoms with Gasteiger partial charge < -0.3 is 19.3 Å². The number of nitrogens with one attached hydrogen (secondary N) is 1. The molecule has 0 unspecified atom stereocenters. The van der Waals surface area contributed by atoms with E-state index in [0.717, 1.165) is 8.95 Å². The van der Waals surface area contributed by atoms with Crippen molar-refractivity contribution in [1.82, 2.24) is 5.43 Å². The molecule has 8 nitrogen and oxygen atoms in total. The highest BCUT2D eigenvalue weighted by atomic mass is 79.9. The van der Waals surface area contributed by atoms with Crippen LogP contribution in [0.15, 0.2) is 50.4 Å². The monoisotopic (exact) mass is 514 g/mol. The zero-order valence-corrected chi connectivity index (χ0v) is 17.8. The number of ether oxygens (including phenoxy) is 3. The number of hydrogen-bond acceptors (Lipinski definition) is 6. The number of hydrogen-bond donors (Lipinski definition) is 2. The van der Waals surface area contributed by atoms with Gasteiger partial charge >= 0.3 is 5.97 Å². The van der Waals surface area contributed by atoms with Crippen LogP contribution in [0, 0.1) is 0 Å². The molecule has 2 rings (SSSR count). The number of benzene rings is 2. The lowest BCUT2D eigenvalue weighted by Crippen LogP contribution is -2.24. The summed E-state index contributed by atoms with van der Waals surface area (Å²) in [5, 5.41) is 12.6. The Morgan fingerprint density at radius 2 is 1.68 bits per heavy atom. The summed E-state index contributed by atoms with van der Waals surface area (Å²) in [6.07, 6.45) is 1.35. The molecule has 1 amide bonds. The number of amides is 1. The van der Waals surface area contributed by atoms with E-state index in [-0.39, 0.29) is 6.61 Å². The maximum atomic E-state index is 11.9. The summed E-state index contributed by atoms with van der Waals surface area (Å²) in [7, 11) is 1.50. The van der Waals surface area contributed by atoms with Crippen molar-refractivity contribution in [3.8, 4) is 17.2 Å². The molecule has 0 aromatic heterocycles. The molecule has 28 heavy (non-hydrogen) atoms. The molecule has 0 saturated carbocycles. The Bertz CT molecular complexity index is 888. The van der Waals surface area contributed by atoms with Crippen molar-refractivity contribution in [2.45, 2.75) is 0 Å². The van der Waals surface area contributed by atoms with E-state index in [9.17, 15) is 9.59 Å². The fourth-order valence-corrected chi connectivity index (χ4v) is 2.72. The predicted molar refractivity (Wildman–Crippen MR) is 109 cm³/mol. The van der Waals surface area contributed by atoms with Gasteiger partial charge in [0.2, 0.25) is 0 Å². The Kier molecular flexibility index (Phi) is 8.27. The molecule has 0 fully saturated rings. The standard InChI is InChI=1S/C18H16Br2N2O6/c1-26-16-7-13(20)3-5-15(16)27-9-17(23)22-21-8-11-6-12(19)2-4-14(11)28-10-18(24)25/h2-8H,9-10H2,1H3,(H,22,23)(H,24,25)/b21-8-. The SMILES string of the molecule is COc1cc(Br)ccc1OCC(=O)N/N=C\c1cc(Br)ccc1OCC(=O)O. The quantitative estimate of drug-likeness (QED) is 0.392. The highest BCUT2D eigenvalue weighted by Gasteiger charge is 2.08. The number of carboxylic acid groups (broad SMARTS) is 1. The van der Waals surface area contributed by atoms with Crippen molar-refractivity contribution in [1.29, 1.82) is 0 Å². The summed E-state index contributed by atoms with van der Waals surface area (Å²) >= 11 is 6.63. The van der Waals surface area contributed by atoms with Crippen LogP contribution in [-0.2, 0) is 9.59 Å². The summed E-state index contributed by atoms with van der Waals surface area (Å²) in [5.74, 6) is -0.357. The maximum absolute atomic E-state index is 11.9. The van der Waals surface area contributed by atoms with Gasteiger partial charge in [0.05, 0.1) is 13.3 Å². The molecule has 0 aliphatic rings. The first-order chi connectivity index (χ1) is 13.4. The van der Waals surface area contributed by atoms with E-state index in [1.807, 2.05) is 0 Å². The van der Waals surface area contributed by atoms with Crippen LogP contribution in [0.4, 0.5) is 0 Å². The molecule has 0 radical (unpaired) electrons. The average molecular weight is 516 g/mol. The third-order valence-corrected chi connectivity index (χ3v) is 4.19. The molecule has 0 aliphatic heterocycles. The molecular formula is C18H16Br2N2O6. The minimum atomic E-state index is -1.10. The summed E-state index contributed by atoms with van der Waals surface area (Å²) in [4.78, 5) is 22.6. The van der Waals surface area contributed by atoms with E-state index in [1.165, 1.54) is 13.3 Å². The van der Waals surface area contributed by atoms with Crippen LogP contribution in [0.3, 0.4) is 0 Å². The number of methoxy groups -OCH3 is 1. The van der Waals surface area contributed by atoms with Gasteiger partial charge in [-0.25, -0.2) is 10.2 Å². The first-order valence-electron chi connectivity index (χ1n) is 7.81. The van der Waals surface area contributed by atoms with Gasteiger partial charge in [0, 0.05) is 14.5 Å². The molecule has 0 bridgehead atoms. The molecule has 0 aliphatic carbocycles. The summed E-state index contributed by atoms with van der Waals surface area (Å²) < 4.78 is 17.4. The molecule has 2 N–H and O–H groups in total. The van der Waals surface area contributed by atoms with Gasteiger partial charge in [-0.1, -0.05) is 31.9 Å². The van der Waals surface area contributed by atoms with Crippen molar-refractivity contribution in [3.63, 3.8) is 0 Å². The Labute approximate surface area is 177 Å². The minimum Gasteiger partial charge on any atom is -0.493 e. The summed E-state index contributed by atoms with van der Waals surface area (Å²) in [6, 6.07) is 10.1. The predicted octanol–water partition coefficient (Wildman–Crippen LogP) is 3.21. The smallest absolute Gasteiger partial charge is 0.341 e. The van der Waals surface area contributed by atoms with Crippen molar-refractivity contribution >= 4 is 50.0 Å².